The van der Waals surface area contributed by atoms with Gasteiger partial charge in [0.25, 0.3) is 0 Å². The van der Waals surface area contributed by atoms with E-state index < -0.39 is 33.8 Å². The number of rotatable bonds is 13. The van der Waals surface area contributed by atoms with Crippen LogP contribution in [0.4, 0.5) is 0 Å². The second kappa shape index (κ2) is 12.7. The van der Waals surface area contributed by atoms with Crippen LogP contribution >= 0.6 is 0 Å². The van der Waals surface area contributed by atoms with Gasteiger partial charge in [0.15, 0.2) is 9.84 Å². The summed E-state index contributed by atoms with van der Waals surface area (Å²) in [5, 5.41) is 14.8. The first-order valence-corrected chi connectivity index (χ1v) is 10.5. The van der Waals surface area contributed by atoms with Crippen molar-refractivity contribution in [2.45, 2.75) is 51.7 Å². The van der Waals surface area contributed by atoms with Crippen molar-refractivity contribution in [3.05, 3.63) is 0 Å². The number of terminal acetylenes is 1. The summed E-state index contributed by atoms with van der Waals surface area (Å²) >= 11 is 0. The highest BCUT2D eigenvalue weighted by atomic mass is 32.2. The molecule has 2 atom stereocenters. The Morgan fingerprint density at radius 3 is 2.42 bits per heavy atom. The van der Waals surface area contributed by atoms with Gasteiger partial charge < -0.3 is 21.5 Å². The van der Waals surface area contributed by atoms with E-state index in [0.717, 1.165) is 6.42 Å². The van der Waals surface area contributed by atoms with Crippen LogP contribution in [0.25, 0.3) is 0 Å². The maximum absolute atomic E-state index is 12.1. The van der Waals surface area contributed by atoms with Gasteiger partial charge in [-0.15, -0.1) is 12.3 Å². The molecule has 0 rings (SSSR count). The van der Waals surface area contributed by atoms with Gasteiger partial charge in [0.05, 0.1) is 17.6 Å². The Morgan fingerprint density at radius 2 is 1.88 bits per heavy atom. The Hall–Kier alpha value is -1.63. The molecule has 0 aliphatic heterocycles. The van der Waals surface area contributed by atoms with Crippen molar-refractivity contribution in [3.8, 4) is 12.3 Å². The van der Waals surface area contributed by atoms with Crippen LogP contribution in [0.1, 0.15) is 39.5 Å². The van der Waals surface area contributed by atoms with Crippen LogP contribution < -0.4 is 16.4 Å². The predicted octanol–water partition coefficient (Wildman–Crippen LogP) is -0.829. The Bertz CT molecular complexity index is 584. The van der Waals surface area contributed by atoms with Crippen molar-refractivity contribution in [1.82, 2.24) is 10.6 Å². The fraction of sp³-hybridized carbons (Fsp3) is 0.765. The molecule has 0 saturated carbocycles. The van der Waals surface area contributed by atoms with Crippen LogP contribution in [-0.2, 0) is 19.4 Å². The normalized spacial score (nSPS) is 13.7. The van der Waals surface area contributed by atoms with E-state index in [1.54, 1.807) is 0 Å². The third-order valence-corrected chi connectivity index (χ3v) is 5.32. The summed E-state index contributed by atoms with van der Waals surface area (Å²) in [4.78, 5) is 24.0. The summed E-state index contributed by atoms with van der Waals surface area (Å²) < 4.78 is 23.1. The van der Waals surface area contributed by atoms with Crippen LogP contribution in [0, 0.1) is 18.3 Å². The lowest BCUT2D eigenvalue weighted by molar-refractivity contribution is -0.129. The van der Waals surface area contributed by atoms with E-state index in [4.69, 9.17) is 12.2 Å². The van der Waals surface area contributed by atoms with Crippen molar-refractivity contribution in [2.75, 3.05) is 24.6 Å². The molecule has 0 saturated heterocycles. The van der Waals surface area contributed by atoms with E-state index >= 15 is 0 Å². The lowest BCUT2D eigenvalue weighted by atomic mass is 10.0. The molecule has 8 nitrogen and oxygen atoms in total. The van der Waals surface area contributed by atoms with Gasteiger partial charge in [-0.25, -0.2) is 8.42 Å². The largest absolute Gasteiger partial charge is 0.391 e. The van der Waals surface area contributed by atoms with Crippen molar-refractivity contribution in [2.24, 2.45) is 11.7 Å². The van der Waals surface area contributed by atoms with Gasteiger partial charge in [0.2, 0.25) is 11.8 Å². The summed E-state index contributed by atoms with van der Waals surface area (Å²) in [6, 6.07) is -0.970. The zero-order chi connectivity index (χ0) is 20.2. The molecule has 0 aromatic carbocycles. The molecule has 0 radical (unpaired) electrons. The number of sulfone groups is 1. The highest BCUT2D eigenvalue weighted by Gasteiger charge is 2.21. The van der Waals surface area contributed by atoms with E-state index in [1.165, 1.54) is 0 Å². The smallest absolute Gasteiger partial charge is 0.243 e. The van der Waals surface area contributed by atoms with Gasteiger partial charge in [0.1, 0.15) is 6.04 Å². The molecule has 0 aromatic heterocycles. The molecule has 0 aliphatic rings. The van der Waals surface area contributed by atoms with Crippen LogP contribution in [0.2, 0.25) is 0 Å². The van der Waals surface area contributed by atoms with Crippen molar-refractivity contribution >= 4 is 21.7 Å². The zero-order valence-corrected chi connectivity index (χ0v) is 16.3. The number of carbonyl (C=O) groups excluding carboxylic acids is 2. The number of carbonyl (C=O) groups is 2. The summed E-state index contributed by atoms with van der Waals surface area (Å²) in [5.41, 5.74) is 5.20. The first kappa shape index (κ1) is 24.4. The topological polar surface area (TPSA) is 139 Å². The molecule has 150 valence electrons. The molecular weight excluding hydrogens is 358 g/mol. The van der Waals surface area contributed by atoms with E-state index in [9.17, 15) is 23.1 Å². The number of aliphatic hydroxyl groups excluding tert-OH is 1. The molecule has 0 unspecified atom stereocenters. The highest BCUT2D eigenvalue weighted by molar-refractivity contribution is 7.91. The molecule has 0 aromatic rings. The number of amides is 2. The SMILES string of the molecule is C#CC[C@H](NC(=O)CCS(=O)(=O)CCN)C(=O)NC[C@@H](O)CCC(C)C. The van der Waals surface area contributed by atoms with Crippen molar-refractivity contribution in [1.29, 1.82) is 0 Å². The predicted molar refractivity (Wildman–Crippen MR) is 101 cm³/mol. The van der Waals surface area contributed by atoms with E-state index in [0.29, 0.717) is 12.3 Å². The lowest BCUT2D eigenvalue weighted by Gasteiger charge is -2.18. The Labute approximate surface area is 156 Å². The average molecular weight is 390 g/mol. The quantitative estimate of drug-likeness (QED) is 0.303. The van der Waals surface area contributed by atoms with Gasteiger partial charge in [-0.2, -0.15) is 0 Å². The fourth-order valence-electron chi connectivity index (χ4n) is 2.09. The Balaban J connectivity index is 4.46. The third kappa shape index (κ3) is 11.8. The molecule has 5 N–H and O–H groups in total. The van der Waals surface area contributed by atoms with Gasteiger partial charge in [-0.1, -0.05) is 13.8 Å². The standard InChI is InChI=1S/C17H31N3O5S/c1-4-5-15(17(23)19-12-14(21)7-6-13(2)3)20-16(22)8-10-26(24,25)11-9-18/h1,13-15,21H,5-12,18H2,2-3H3,(H,19,23)(H,20,22)/t14-,15-/m0/s1. The van der Waals surface area contributed by atoms with Crippen LogP contribution in [0.15, 0.2) is 0 Å². The minimum absolute atomic E-state index is 0.00872. The number of hydrogen-bond donors (Lipinski definition) is 4. The third-order valence-electron chi connectivity index (χ3n) is 3.63. The van der Waals surface area contributed by atoms with Crippen LogP contribution in [-0.4, -0.2) is 62.1 Å². The minimum Gasteiger partial charge on any atom is -0.391 e. The molecule has 26 heavy (non-hydrogen) atoms. The first-order chi connectivity index (χ1) is 12.1. The second-order valence-electron chi connectivity index (χ2n) is 6.59. The van der Waals surface area contributed by atoms with E-state index in [1.807, 2.05) is 13.8 Å². The van der Waals surface area contributed by atoms with E-state index in [-0.39, 0.29) is 37.4 Å². The van der Waals surface area contributed by atoms with Gasteiger partial charge >= 0.3 is 0 Å². The zero-order valence-electron chi connectivity index (χ0n) is 15.5. The van der Waals surface area contributed by atoms with Gasteiger partial charge in [-0.3, -0.25) is 9.59 Å². The monoisotopic (exact) mass is 389 g/mol. The molecule has 0 fully saturated rings. The summed E-state index contributed by atoms with van der Waals surface area (Å²) in [7, 11) is -3.39. The number of nitrogens with two attached hydrogens (primary N) is 1. The van der Waals surface area contributed by atoms with Gasteiger partial charge in [-0.05, 0) is 18.8 Å². The minimum atomic E-state index is -3.39. The Morgan fingerprint density at radius 1 is 1.23 bits per heavy atom. The molecule has 0 bridgehead atoms. The van der Waals surface area contributed by atoms with Crippen molar-refractivity contribution < 1.29 is 23.1 Å². The lowest BCUT2D eigenvalue weighted by Crippen LogP contribution is -2.48. The molecule has 0 spiro atoms. The van der Waals surface area contributed by atoms with Crippen LogP contribution in [0.3, 0.4) is 0 Å². The molecule has 9 heteroatoms. The van der Waals surface area contributed by atoms with Crippen molar-refractivity contribution in [3.63, 3.8) is 0 Å². The molecule has 2 amide bonds. The number of aliphatic hydroxyl groups is 1. The number of hydrogen-bond acceptors (Lipinski definition) is 6. The maximum Gasteiger partial charge on any atom is 0.243 e. The Kier molecular flexibility index (Phi) is 11.9. The van der Waals surface area contributed by atoms with Gasteiger partial charge in [0, 0.05) is 25.9 Å². The molecule has 0 heterocycles. The highest BCUT2D eigenvalue weighted by Crippen LogP contribution is 2.06. The maximum atomic E-state index is 12.1. The number of nitrogens with one attached hydrogen (secondary N) is 2. The summed E-state index contributed by atoms with van der Waals surface area (Å²) in [5.74, 6) is 1.13. The van der Waals surface area contributed by atoms with E-state index in [2.05, 4.69) is 16.6 Å². The first-order valence-electron chi connectivity index (χ1n) is 8.70. The molecule has 0 aliphatic carbocycles. The second-order valence-corrected chi connectivity index (χ2v) is 8.89. The summed E-state index contributed by atoms with van der Waals surface area (Å²) in [6.45, 7) is 4.13. The molecular formula is C17H31N3O5S. The average Bonchev–Trinajstić information content (AvgIpc) is 2.55. The summed E-state index contributed by atoms with van der Waals surface area (Å²) in [6.07, 6.45) is 5.63. The van der Waals surface area contributed by atoms with Crippen LogP contribution in [0.5, 0.6) is 0 Å². The fourth-order valence-corrected chi connectivity index (χ4v) is 3.15.